The zero-order valence-corrected chi connectivity index (χ0v) is 15.4. The number of methoxy groups -OCH3 is 1. The van der Waals surface area contributed by atoms with Gasteiger partial charge in [0.2, 0.25) is 5.91 Å². The number of ether oxygens (including phenoxy) is 1. The first kappa shape index (κ1) is 17.7. The minimum Gasteiger partial charge on any atom is -0.497 e. The maximum Gasteiger partial charge on any atom is 0.240 e. The van der Waals surface area contributed by atoms with Crippen LogP contribution in [0.1, 0.15) is 5.69 Å². The van der Waals surface area contributed by atoms with Gasteiger partial charge in [-0.3, -0.25) is 4.79 Å². The Morgan fingerprint density at radius 2 is 1.89 bits per heavy atom. The van der Waals surface area contributed by atoms with Gasteiger partial charge in [0.1, 0.15) is 18.6 Å². The van der Waals surface area contributed by atoms with Crippen molar-refractivity contribution in [3.05, 3.63) is 72.9 Å². The molecule has 0 aliphatic heterocycles. The number of imidazole rings is 1. The van der Waals surface area contributed by atoms with Gasteiger partial charge in [-0.15, -0.1) is 0 Å². The second-order valence-corrected chi connectivity index (χ2v) is 6.26. The molecule has 7 heteroatoms. The molecule has 7 nitrogen and oxygen atoms in total. The number of hydrogen-bond donors (Lipinski definition) is 1. The van der Waals surface area contributed by atoms with Gasteiger partial charge < -0.3 is 14.6 Å². The first-order chi connectivity index (χ1) is 13.7. The van der Waals surface area contributed by atoms with E-state index in [4.69, 9.17) is 4.74 Å². The van der Waals surface area contributed by atoms with Crippen LogP contribution in [0.15, 0.2) is 67.3 Å². The third-order valence-electron chi connectivity index (χ3n) is 4.42. The number of carbonyl (C=O) groups excluding carboxylic acids is 1. The van der Waals surface area contributed by atoms with Gasteiger partial charge >= 0.3 is 0 Å². The van der Waals surface area contributed by atoms with Gasteiger partial charge in [-0.05, 0) is 42.5 Å². The van der Waals surface area contributed by atoms with Crippen LogP contribution in [0.25, 0.3) is 22.3 Å². The average molecular weight is 373 g/mol. The van der Waals surface area contributed by atoms with Crippen LogP contribution in [0.4, 0.5) is 0 Å². The highest BCUT2D eigenvalue weighted by Gasteiger charge is 2.08. The first-order valence-corrected chi connectivity index (χ1v) is 8.85. The van der Waals surface area contributed by atoms with Crippen LogP contribution in [0, 0.1) is 0 Å². The van der Waals surface area contributed by atoms with E-state index >= 15 is 0 Å². The molecule has 0 bridgehead atoms. The van der Waals surface area contributed by atoms with Crippen molar-refractivity contribution in [2.24, 2.45) is 0 Å². The summed E-state index contributed by atoms with van der Waals surface area (Å²) in [6, 6.07) is 17.2. The number of rotatable bonds is 6. The van der Waals surface area contributed by atoms with E-state index < -0.39 is 0 Å². The monoisotopic (exact) mass is 373 g/mol. The van der Waals surface area contributed by atoms with Crippen LogP contribution < -0.4 is 10.1 Å². The van der Waals surface area contributed by atoms with Crippen LogP contribution in [0.2, 0.25) is 0 Å². The minimum atomic E-state index is -0.104. The quantitative estimate of drug-likeness (QED) is 0.562. The summed E-state index contributed by atoms with van der Waals surface area (Å²) in [6.45, 7) is 0.536. The zero-order valence-electron chi connectivity index (χ0n) is 15.4. The molecule has 28 heavy (non-hydrogen) atoms. The van der Waals surface area contributed by atoms with E-state index in [0.717, 1.165) is 33.7 Å². The van der Waals surface area contributed by atoms with E-state index in [-0.39, 0.29) is 12.5 Å². The van der Waals surface area contributed by atoms with E-state index in [1.807, 2.05) is 59.2 Å². The molecule has 0 fully saturated rings. The topological polar surface area (TPSA) is 81.9 Å². The maximum absolute atomic E-state index is 12.3. The number of amides is 1. The van der Waals surface area contributed by atoms with Crippen molar-refractivity contribution in [3.63, 3.8) is 0 Å². The van der Waals surface area contributed by atoms with E-state index in [1.54, 1.807) is 13.4 Å². The molecule has 0 atom stereocenters. The molecular formula is C21H19N5O2. The Hall–Kier alpha value is -3.74. The Morgan fingerprint density at radius 1 is 1.07 bits per heavy atom. The molecule has 4 rings (SSSR count). The molecule has 1 N–H and O–H groups in total. The molecule has 0 radical (unpaired) electrons. The summed E-state index contributed by atoms with van der Waals surface area (Å²) >= 11 is 0. The number of nitrogens with zero attached hydrogens (tertiary/aromatic N) is 4. The third kappa shape index (κ3) is 3.83. The van der Waals surface area contributed by atoms with Crippen molar-refractivity contribution < 1.29 is 9.53 Å². The van der Waals surface area contributed by atoms with Crippen molar-refractivity contribution in [2.45, 2.75) is 13.1 Å². The predicted molar refractivity (Wildman–Crippen MR) is 106 cm³/mol. The number of nitrogens with one attached hydrogen (secondary N) is 1. The van der Waals surface area contributed by atoms with Crippen molar-refractivity contribution in [3.8, 4) is 17.0 Å². The van der Waals surface area contributed by atoms with Gasteiger partial charge in [0.05, 0.1) is 42.4 Å². The second kappa shape index (κ2) is 7.87. The molecule has 0 aliphatic carbocycles. The van der Waals surface area contributed by atoms with Crippen molar-refractivity contribution >= 4 is 16.9 Å². The molecule has 0 saturated heterocycles. The summed E-state index contributed by atoms with van der Waals surface area (Å²) in [5, 5.41) is 2.90. The number of aromatic nitrogens is 4. The van der Waals surface area contributed by atoms with Gasteiger partial charge in [-0.25, -0.2) is 15.0 Å². The minimum absolute atomic E-state index is 0.104. The Balaban J connectivity index is 1.41. The van der Waals surface area contributed by atoms with Gasteiger partial charge in [0.15, 0.2) is 0 Å². The highest BCUT2D eigenvalue weighted by Crippen LogP contribution is 2.20. The summed E-state index contributed by atoms with van der Waals surface area (Å²) in [5.41, 5.74) is 4.30. The van der Waals surface area contributed by atoms with E-state index in [9.17, 15) is 4.79 Å². The summed E-state index contributed by atoms with van der Waals surface area (Å²) in [6.07, 6.45) is 3.18. The lowest BCUT2D eigenvalue weighted by Crippen LogP contribution is -2.27. The standard InChI is InChI=1S/C21H19N5O2/c1-28-17-8-6-15(7-9-17)19-10-16(23-13-24-19)11-22-21(27)12-26-14-25-18-4-2-3-5-20(18)26/h2-10,13-14H,11-12H2,1H3,(H,22,27). The highest BCUT2D eigenvalue weighted by atomic mass is 16.5. The van der Waals surface area contributed by atoms with Crippen LogP contribution in [0.5, 0.6) is 5.75 Å². The van der Waals surface area contributed by atoms with Gasteiger partial charge in [-0.2, -0.15) is 0 Å². The lowest BCUT2D eigenvalue weighted by molar-refractivity contribution is -0.121. The van der Waals surface area contributed by atoms with E-state index in [2.05, 4.69) is 20.3 Å². The molecule has 2 aromatic heterocycles. The highest BCUT2D eigenvalue weighted by molar-refractivity contribution is 5.80. The smallest absolute Gasteiger partial charge is 0.240 e. The van der Waals surface area contributed by atoms with E-state index in [1.165, 1.54) is 6.33 Å². The number of hydrogen-bond acceptors (Lipinski definition) is 5. The zero-order chi connectivity index (χ0) is 19.3. The van der Waals surface area contributed by atoms with E-state index in [0.29, 0.717) is 6.54 Å². The summed E-state index contributed by atoms with van der Waals surface area (Å²) in [4.78, 5) is 25.2. The Kier molecular flexibility index (Phi) is 4.97. The molecule has 1 amide bonds. The molecule has 0 saturated carbocycles. The number of fused-ring (bicyclic) bond motifs is 1. The fraction of sp³-hybridized carbons (Fsp3) is 0.143. The molecule has 0 aliphatic rings. The number of carbonyl (C=O) groups is 1. The Labute approximate surface area is 162 Å². The van der Waals surface area contributed by atoms with Crippen molar-refractivity contribution in [1.82, 2.24) is 24.8 Å². The molecule has 0 spiro atoms. The first-order valence-electron chi connectivity index (χ1n) is 8.85. The van der Waals surface area contributed by atoms with Crippen LogP contribution in [0.3, 0.4) is 0 Å². The molecule has 140 valence electrons. The molecular weight excluding hydrogens is 354 g/mol. The molecule has 4 aromatic rings. The Bertz CT molecular complexity index is 1110. The summed E-state index contributed by atoms with van der Waals surface area (Å²) < 4.78 is 7.00. The summed E-state index contributed by atoms with van der Waals surface area (Å²) in [7, 11) is 1.63. The fourth-order valence-electron chi connectivity index (χ4n) is 2.95. The SMILES string of the molecule is COc1ccc(-c2cc(CNC(=O)Cn3cnc4ccccc43)ncn2)cc1. The maximum atomic E-state index is 12.3. The number of para-hydroxylation sites is 2. The number of benzene rings is 2. The molecule has 2 aromatic carbocycles. The lowest BCUT2D eigenvalue weighted by atomic mass is 10.1. The normalized spacial score (nSPS) is 10.8. The van der Waals surface area contributed by atoms with Crippen molar-refractivity contribution in [1.29, 1.82) is 0 Å². The fourth-order valence-corrected chi connectivity index (χ4v) is 2.95. The molecule has 2 heterocycles. The second-order valence-electron chi connectivity index (χ2n) is 6.26. The summed E-state index contributed by atoms with van der Waals surface area (Å²) in [5.74, 6) is 0.685. The van der Waals surface area contributed by atoms with Gasteiger partial charge in [0, 0.05) is 5.56 Å². The molecule has 0 unspecified atom stereocenters. The lowest BCUT2D eigenvalue weighted by Gasteiger charge is -2.08. The van der Waals surface area contributed by atoms with Gasteiger partial charge in [-0.1, -0.05) is 12.1 Å². The largest absolute Gasteiger partial charge is 0.497 e. The van der Waals surface area contributed by atoms with Crippen LogP contribution in [-0.4, -0.2) is 32.5 Å². The van der Waals surface area contributed by atoms with Gasteiger partial charge in [0.25, 0.3) is 0 Å². The van der Waals surface area contributed by atoms with Crippen LogP contribution >= 0.6 is 0 Å². The average Bonchev–Trinajstić information content (AvgIpc) is 3.15. The third-order valence-corrected chi connectivity index (χ3v) is 4.42. The Morgan fingerprint density at radius 3 is 2.71 bits per heavy atom. The van der Waals surface area contributed by atoms with Crippen LogP contribution in [-0.2, 0) is 17.9 Å². The predicted octanol–water partition coefficient (Wildman–Crippen LogP) is 2.82. The van der Waals surface area contributed by atoms with Crippen molar-refractivity contribution in [2.75, 3.05) is 7.11 Å².